The van der Waals surface area contributed by atoms with Crippen LogP contribution >= 0.6 is 11.6 Å². The minimum atomic E-state index is -3.93. The Morgan fingerprint density at radius 3 is 2.41 bits per heavy atom. The molecule has 0 aliphatic heterocycles. The third-order valence-corrected chi connectivity index (χ3v) is 5.91. The molecule has 3 rings (SSSR count). The molecule has 0 radical (unpaired) electrons. The number of amides is 2. The third kappa shape index (κ3) is 5.99. The zero-order chi connectivity index (χ0) is 23.1. The van der Waals surface area contributed by atoms with Crippen molar-refractivity contribution in [2.75, 3.05) is 23.7 Å². The fraction of sp³-hybridized carbons (Fsp3) is 0.0909. The van der Waals surface area contributed by atoms with Crippen LogP contribution in [-0.4, -0.2) is 33.9 Å². The number of sulfonamides is 1. The fourth-order valence-electron chi connectivity index (χ4n) is 2.74. The van der Waals surface area contributed by atoms with Crippen LogP contribution in [0.2, 0.25) is 5.02 Å². The summed E-state index contributed by atoms with van der Waals surface area (Å²) in [6.07, 6.45) is 0. The number of benzene rings is 3. The maximum Gasteiger partial charge on any atom is 0.262 e. The average molecular weight is 474 g/mol. The lowest BCUT2D eigenvalue weighted by atomic mass is 10.2. The minimum Gasteiger partial charge on any atom is -0.495 e. The van der Waals surface area contributed by atoms with E-state index in [0.717, 1.165) is 0 Å². The van der Waals surface area contributed by atoms with Gasteiger partial charge in [0.05, 0.1) is 24.2 Å². The van der Waals surface area contributed by atoms with E-state index in [1.807, 2.05) is 0 Å². The maximum absolute atomic E-state index is 12.8. The lowest BCUT2D eigenvalue weighted by Gasteiger charge is -2.13. The van der Waals surface area contributed by atoms with E-state index in [1.165, 1.54) is 25.3 Å². The first-order valence-electron chi connectivity index (χ1n) is 9.38. The fourth-order valence-corrected chi connectivity index (χ4v) is 3.98. The molecule has 0 saturated carbocycles. The van der Waals surface area contributed by atoms with Gasteiger partial charge in [0.25, 0.3) is 15.9 Å². The van der Waals surface area contributed by atoms with Crippen molar-refractivity contribution < 1.29 is 22.7 Å². The van der Waals surface area contributed by atoms with Crippen molar-refractivity contribution >= 4 is 44.8 Å². The van der Waals surface area contributed by atoms with Crippen molar-refractivity contribution in [3.05, 3.63) is 83.4 Å². The van der Waals surface area contributed by atoms with Gasteiger partial charge in [0.2, 0.25) is 5.91 Å². The lowest BCUT2D eigenvalue weighted by Crippen LogP contribution is -2.32. The Labute approximate surface area is 190 Å². The van der Waals surface area contributed by atoms with Crippen LogP contribution in [-0.2, 0) is 14.8 Å². The summed E-state index contributed by atoms with van der Waals surface area (Å²) < 4.78 is 33.1. The number of methoxy groups -OCH3 is 1. The van der Waals surface area contributed by atoms with Crippen molar-refractivity contribution in [1.29, 1.82) is 0 Å². The predicted octanol–water partition coefficient (Wildman–Crippen LogP) is 3.52. The molecule has 0 aliphatic carbocycles. The summed E-state index contributed by atoms with van der Waals surface area (Å²) >= 11 is 5.79. The smallest absolute Gasteiger partial charge is 0.262 e. The first-order valence-corrected chi connectivity index (χ1v) is 11.2. The second kappa shape index (κ2) is 10.2. The molecule has 3 N–H and O–H groups in total. The molecule has 8 nitrogen and oxygen atoms in total. The van der Waals surface area contributed by atoms with Crippen LogP contribution < -0.4 is 20.1 Å². The van der Waals surface area contributed by atoms with Gasteiger partial charge in [-0.1, -0.05) is 29.8 Å². The Kier molecular flexibility index (Phi) is 7.34. The Hall–Kier alpha value is -3.56. The highest BCUT2D eigenvalue weighted by Gasteiger charge is 2.17. The number of hydrogen-bond acceptors (Lipinski definition) is 5. The zero-order valence-electron chi connectivity index (χ0n) is 17.0. The first-order chi connectivity index (χ1) is 15.3. The number of carbonyl (C=O) groups is 2. The average Bonchev–Trinajstić information content (AvgIpc) is 2.78. The Bertz CT molecular complexity index is 1230. The molecule has 3 aromatic rings. The van der Waals surface area contributed by atoms with Gasteiger partial charge in [0, 0.05) is 16.3 Å². The molecule has 2 amide bonds. The molecule has 3 aromatic carbocycles. The van der Waals surface area contributed by atoms with Gasteiger partial charge in [-0.15, -0.1) is 0 Å². The summed E-state index contributed by atoms with van der Waals surface area (Å²) in [7, 11) is -2.49. The Balaban J connectivity index is 1.64. The topological polar surface area (TPSA) is 114 Å². The van der Waals surface area contributed by atoms with Gasteiger partial charge in [-0.3, -0.25) is 14.3 Å². The number of halogens is 1. The van der Waals surface area contributed by atoms with Crippen LogP contribution in [0.3, 0.4) is 0 Å². The summed E-state index contributed by atoms with van der Waals surface area (Å²) in [6.45, 7) is -0.294. The van der Waals surface area contributed by atoms with E-state index in [2.05, 4.69) is 15.4 Å². The highest BCUT2D eigenvalue weighted by Crippen LogP contribution is 2.26. The third-order valence-electron chi connectivity index (χ3n) is 4.30. The number of hydrogen-bond donors (Lipinski definition) is 3. The van der Waals surface area contributed by atoms with Gasteiger partial charge in [-0.2, -0.15) is 0 Å². The van der Waals surface area contributed by atoms with Crippen LogP contribution in [0.4, 0.5) is 11.4 Å². The molecule has 0 bridgehead atoms. The van der Waals surface area contributed by atoms with E-state index < -0.39 is 21.8 Å². The van der Waals surface area contributed by atoms with Crippen molar-refractivity contribution in [3.63, 3.8) is 0 Å². The highest BCUT2D eigenvalue weighted by atomic mass is 35.5. The monoisotopic (exact) mass is 473 g/mol. The molecule has 0 fully saturated rings. The molecule has 0 atom stereocenters. The molecule has 10 heteroatoms. The molecule has 32 heavy (non-hydrogen) atoms. The number of ether oxygens (including phenoxy) is 1. The molecule has 0 saturated heterocycles. The van der Waals surface area contributed by atoms with Crippen LogP contribution in [0.25, 0.3) is 0 Å². The standard InChI is InChI=1S/C22H20ClN3O5S/c1-31-20-8-3-2-7-19(20)26-32(29,30)18-6-4-5-17(13-18)25-21(27)14-24-22(28)15-9-11-16(23)12-10-15/h2-13,26H,14H2,1H3,(H,24,28)(H,25,27). The van der Waals surface area contributed by atoms with Crippen molar-refractivity contribution in [2.24, 2.45) is 0 Å². The van der Waals surface area contributed by atoms with Crippen molar-refractivity contribution in [3.8, 4) is 5.75 Å². The van der Waals surface area contributed by atoms with Gasteiger partial charge in [-0.25, -0.2) is 8.42 Å². The number of anilines is 2. The minimum absolute atomic E-state index is 0.0496. The van der Waals surface area contributed by atoms with Crippen LogP contribution in [0, 0.1) is 0 Å². The van der Waals surface area contributed by atoms with Crippen LogP contribution in [0.1, 0.15) is 10.4 Å². The Morgan fingerprint density at radius 1 is 0.969 bits per heavy atom. The molecular weight excluding hydrogens is 454 g/mol. The van der Waals surface area contributed by atoms with E-state index in [4.69, 9.17) is 16.3 Å². The van der Waals surface area contributed by atoms with Crippen LogP contribution in [0.15, 0.2) is 77.7 Å². The van der Waals surface area contributed by atoms with Crippen molar-refractivity contribution in [1.82, 2.24) is 5.32 Å². The van der Waals surface area contributed by atoms with Gasteiger partial charge >= 0.3 is 0 Å². The zero-order valence-corrected chi connectivity index (χ0v) is 18.5. The number of para-hydroxylation sites is 2. The van der Waals surface area contributed by atoms with Gasteiger partial charge in [0.1, 0.15) is 5.75 Å². The quantitative estimate of drug-likeness (QED) is 0.463. The van der Waals surface area contributed by atoms with Gasteiger partial charge < -0.3 is 15.4 Å². The second-order valence-corrected chi connectivity index (χ2v) is 8.69. The molecule has 166 valence electrons. The number of nitrogens with one attached hydrogen (secondary N) is 3. The molecular formula is C22H20ClN3O5S. The van der Waals surface area contributed by atoms with Gasteiger partial charge in [-0.05, 0) is 54.6 Å². The Morgan fingerprint density at radius 2 is 1.69 bits per heavy atom. The summed E-state index contributed by atoms with van der Waals surface area (Å²) in [5, 5.41) is 5.55. The molecule has 0 spiro atoms. The number of rotatable bonds is 8. The lowest BCUT2D eigenvalue weighted by molar-refractivity contribution is -0.115. The summed E-state index contributed by atoms with van der Waals surface area (Å²) in [5.41, 5.74) is 0.908. The van der Waals surface area contributed by atoms with Crippen LogP contribution in [0.5, 0.6) is 5.75 Å². The summed E-state index contributed by atoms with van der Waals surface area (Å²) in [5.74, 6) is -0.578. The van der Waals surface area contributed by atoms with E-state index in [0.29, 0.717) is 16.3 Å². The SMILES string of the molecule is COc1ccccc1NS(=O)(=O)c1cccc(NC(=O)CNC(=O)c2ccc(Cl)cc2)c1. The maximum atomic E-state index is 12.8. The summed E-state index contributed by atoms with van der Waals surface area (Å²) in [4.78, 5) is 24.3. The normalized spacial score (nSPS) is 10.8. The summed E-state index contributed by atoms with van der Waals surface area (Å²) in [6, 6.07) is 18.6. The van der Waals surface area contributed by atoms with E-state index in [1.54, 1.807) is 54.6 Å². The van der Waals surface area contributed by atoms with E-state index >= 15 is 0 Å². The number of carbonyl (C=O) groups excluding carboxylic acids is 2. The molecule has 0 heterocycles. The van der Waals surface area contributed by atoms with Gasteiger partial charge in [0.15, 0.2) is 0 Å². The molecule has 0 aromatic heterocycles. The van der Waals surface area contributed by atoms with E-state index in [-0.39, 0.29) is 22.8 Å². The highest BCUT2D eigenvalue weighted by molar-refractivity contribution is 7.92. The molecule has 0 aliphatic rings. The van der Waals surface area contributed by atoms with Crippen molar-refractivity contribution in [2.45, 2.75) is 4.90 Å². The first kappa shape index (κ1) is 23.1. The predicted molar refractivity (Wildman–Crippen MR) is 123 cm³/mol. The van der Waals surface area contributed by atoms with E-state index in [9.17, 15) is 18.0 Å². The molecule has 0 unspecified atom stereocenters. The second-order valence-electron chi connectivity index (χ2n) is 6.57. The largest absolute Gasteiger partial charge is 0.495 e.